The first-order valence-corrected chi connectivity index (χ1v) is 10.3. The number of benzene rings is 1. The van der Waals surface area contributed by atoms with Crippen LogP contribution in [0.1, 0.15) is 24.4 Å². The van der Waals surface area contributed by atoms with Crippen LogP contribution < -0.4 is 16.2 Å². The third-order valence-electron chi connectivity index (χ3n) is 5.12. The van der Waals surface area contributed by atoms with Gasteiger partial charge in [0.1, 0.15) is 17.7 Å². The molecule has 0 saturated heterocycles. The molecule has 152 valence electrons. The predicted octanol–water partition coefficient (Wildman–Crippen LogP) is 2.29. The highest BCUT2D eigenvalue weighted by Crippen LogP contribution is 2.29. The lowest BCUT2D eigenvalue weighted by atomic mass is 10.0. The van der Waals surface area contributed by atoms with Crippen LogP contribution in [0.5, 0.6) is 0 Å². The van der Waals surface area contributed by atoms with Crippen LogP contribution in [0, 0.1) is 12.7 Å². The number of nitrogens with one attached hydrogen (secondary N) is 2. The SMILES string of the molecule is Cc1csc2nc(C(C)N=C3NC=NC4N=CNC34)c(-c3cccc(F)c3)c(=O)n12. The Labute approximate surface area is 174 Å². The molecule has 3 aromatic rings. The molecule has 10 heteroatoms. The smallest absolute Gasteiger partial charge is 0.266 e. The molecule has 2 aromatic heterocycles. The molecular weight excluding hydrogens is 405 g/mol. The van der Waals surface area contributed by atoms with Crippen LogP contribution in [0.25, 0.3) is 16.1 Å². The monoisotopic (exact) mass is 423 g/mol. The van der Waals surface area contributed by atoms with E-state index in [0.29, 0.717) is 27.6 Å². The fourth-order valence-electron chi connectivity index (χ4n) is 3.69. The minimum Gasteiger partial charge on any atom is -0.363 e. The number of rotatable bonds is 3. The van der Waals surface area contributed by atoms with Crippen LogP contribution in [0.15, 0.2) is 49.4 Å². The third kappa shape index (κ3) is 3.00. The van der Waals surface area contributed by atoms with Gasteiger partial charge in [-0.2, -0.15) is 0 Å². The van der Waals surface area contributed by atoms with Gasteiger partial charge in [0, 0.05) is 11.1 Å². The molecule has 0 amide bonds. The summed E-state index contributed by atoms with van der Waals surface area (Å²) in [6.45, 7) is 3.72. The molecule has 0 radical (unpaired) electrons. The molecule has 2 N–H and O–H groups in total. The topological polar surface area (TPSA) is 95.5 Å². The van der Waals surface area contributed by atoms with E-state index in [2.05, 4.69) is 20.6 Å². The van der Waals surface area contributed by atoms with Crippen LogP contribution in [-0.4, -0.2) is 40.1 Å². The standard InChI is InChI=1S/C20H18FN7OS/c1-10-7-30-20-27-15(11(2)26-18-16-17(23-8-22-16)24-9-25-18)14(19(29)28(10)20)12-4-3-5-13(21)6-12/h3-9,11,16-17H,1-2H3,(H,22,23)(H,24,25,26). The summed E-state index contributed by atoms with van der Waals surface area (Å²) in [6, 6.07) is 5.35. The normalized spacial score (nSPS) is 22.2. The molecule has 1 aromatic carbocycles. The van der Waals surface area contributed by atoms with Gasteiger partial charge in [0.25, 0.3) is 5.56 Å². The number of thiazole rings is 1. The summed E-state index contributed by atoms with van der Waals surface area (Å²) in [5.74, 6) is 0.249. The number of fused-ring (bicyclic) bond motifs is 2. The van der Waals surface area contributed by atoms with E-state index in [1.54, 1.807) is 29.2 Å². The molecule has 0 aliphatic carbocycles. The van der Waals surface area contributed by atoms with Crippen molar-refractivity contribution in [3.05, 3.63) is 57.2 Å². The molecule has 0 bridgehead atoms. The van der Waals surface area contributed by atoms with Gasteiger partial charge >= 0.3 is 0 Å². The highest BCUT2D eigenvalue weighted by Gasteiger charge is 2.31. The largest absolute Gasteiger partial charge is 0.363 e. The summed E-state index contributed by atoms with van der Waals surface area (Å²) in [5, 5.41) is 8.07. The van der Waals surface area contributed by atoms with Gasteiger partial charge in [-0.25, -0.2) is 19.4 Å². The van der Waals surface area contributed by atoms with E-state index in [9.17, 15) is 9.18 Å². The van der Waals surface area contributed by atoms with E-state index in [1.807, 2.05) is 19.2 Å². The minimum absolute atomic E-state index is 0.191. The van der Waals surface area contributed by atoms with Crippen LogP contribution in [0.3, 0.4) is 0 Å². The number of hydrogen-bond donors (Lipinski definition) is 2. The highest BCUT2D eigenvalue weighted by atomic mass is 32.1. The lowest BCUT2D eigenvalue weighted by Crippen LogP contribution is -2.49. The van der Waals surface area contributed by atoms with Crippen molar-refractivity contribution in [2.75, 3.05) is 0 Å². The zero-order valence-corrected chi connectivity index (χ0v) is 17.0. The van der Waals surface area contributed by atoms with Crippen molar-refractivity contribution in [2.45, 2.75) is 32.1 Å². The summed E-state index contributed by atoms with van der Waals surface area (Å²) < 4.78 is 15.5. The predicted molar refractivity (Wildman–Crippen MR) is 116 cm³/mol. The van der Waals surface area contributed by atoms with Crippen molar-refractivity contribution < 1.29 is 4.39 Å². The maximum absolute atomic E-state index is 14.0. The van der Waals surface area contributed by atoms with E-state index < -0.39 is 11.9 Å². The van der Waals surface area contributed by atoms with Crippen molar-refractivity contribution in [3.63, 3.8) is 0 Å². The fraction of sp³-hybridized carbons (Fsp3) is 0.250. The molecule has 5 rings (SSSR count). The molecule has 3 unspecified atom stereocenters. The Hall–Kier alpha value is -3.40. The van der Waals surface area contributed by atoms with Crippen LogP contribution >= 0.6 is 11.3 Å². The summed E-state index contributed by atoms with van der Waals surface area (Å²) in [6.07, 6.45) is 2.92. The van der Waals surface area contributed by atoms with E-state index in [-0.39, 0.29) is 17.8 Å². The number of aryl methyl sites for hydroxylation is 1. The Kier molecular flexibility index (Phi) is 4.43. The molecule has 2 aliphatic rings. The van der Waals surface area contributed by atoms with E-state index >= 15 is 0 Å². The number of hydrogen-bond acceptors (Lipinski definition) is 7. The molecule has 8 nitrogen and oxygen atoms in total. The van der Waals surface area contributed by atoms with Crippen molar-refractivity contribution in [2.24, 2.45) is 15.0 Å². The average molecular weight is 423 g/mol. The highest BCUT2D eigenvalue weighted by molar-refractivity contribution is 7.15. The minimum atomic E-state index is -0.458. The van der Waals surface area contributed by atoms with Gasteiger partial charge in [-0.05, 0) is 31.5 Å². The Morgan fingerprint density at radius 1 is 1.30 bits per heavy atom. The van der Waals surface area contributed by atoms with Crippen molar-refractivity contribution in [1.29, 1.82) is 0 Å². The van der Waals surface area contributed by atoms with E-state index in [1.165, 1.54) is 23.5 Å². The molecule has 0 spiro atoms. The second-order valence-corrected chi connectivity index (χ2v) is 7.97. The average Bonchev–Trinajstić information content (AvgIpc) is 3.35. The first kappa shape index (κ1) is 18.6. The fourth-order valence-corrected chi connectivity index (χ4v) is 4.55. The summed E-state index contributed by atoms with van der Waals surface area (Å²) >= 11 is 1.39. The molecule has 3 atom stereocenters. The summed E-state index contributed by atoms with van der Waals surface area (Å²) in [7, 11) is 0. The van der Waals surface area contributed by atoms with Gasteiger partial charge in [0.05, 0.1) is 30.0 Å². The zero-order valence-electron chi connectivity index (χ0n) is 16.2. The van der Waals surface area contributed by atoms with Crippen molar-refractivity contribution >= 4 is 34.8 Å². The van der Waals surface area contributed by atoms with Gasteiger partial charge in [-0.15, -0.1) is 11.3 Å². The second kappa shape index (κ2) is 7.13. The maximum atomic E-state index is 14.0. The van der Waals surface area contributed by atoms with Gasteiger partial charge < -0.3 is 10.6 Å². The first-order chi connectivity index (χ1) is 14.5. The van der Waals surface area contributed by atoms with E-state index in [4.69, 9.17) is 9.98 Å². The number of amidine groups is 1. The second-order valence-electron chi connectivity index (χ2n) is 7.13. The summed E-state index contributed by atoms with van der Waals surface area (Å²) in [4.78, 5) is 32.1. The van der Waals surface area contributed by atoms with Crippen molar-refractivity contribution in [1.82, 2.24) is 20.0 Å². The van der Waals surface area contributed by atoms with Crippen LogP contribution in [0.2, 0.25) is 0 Å². The number of halogens is 1. The van der Waals surface area contributed by atoms with Gasteiger partial charge in [-0.1, -0.05) is 12.1 Å². The molecule has 4 heterocycles. The van der Waals surface area contributed by atoms with Crippen molar-refractivity contribution in [3.8, 4) is 11.1 Å². The maximum Gasteiger partial charge on any atom is 0.266 e. The number of aromatic nitrogens is 2. The Balaban J connectivity index is 1.68. The lowest BCUT2D eigenvalue weighted by molar-refractivity contribution is 0.625. The third-order valence-corrected chi connectivity index (χ3v) is 6.07. The molecule has 30 heavy (non-hydrogen) atoms. The van der Waals surface area contributed by atoms with Crippen LogP contribution in [0.4, 0.5) is 4.39 Å². The first-order valence-electron chi connectivity index (χ1n) is 9.43. The Morgan fingerprint density at radius 3 is 2.97 bits per heavy atom. The Bertz CT molecular complexity index is 1290. The molecular formula is C20H18FN7OS. The zero-order chi connectivity index (χ0) is 20.8. The Morgan fingerprint density at radius 2 is 2.13 bits per heavy atom. The molecule has 0 fully saturated rings. The van der Waals surface area contributed by atoms with Gasteiger partial charge in [0.15, 0.2) is 11.1 Å². The van der Waals surface area contributed by atoms with Crippen LogP contribution in [-0.2, 0) is 0 Å². The van der Waals surface area contributed by atoms with Gasteiger partial charge in [0.2, 0.25) is 0 Å². The van der Waals surface area contributed by atoms with Gasteiger partial charge in [-0.3, -0.25) is 14.2 Å². The lowest BCUT2D eigenvalue weighted by Gasteiger charge is -2.23. The molecule has 2 aliphatic heterocycles. The number of aliphatic imine (C=N–C) groups is 3. The number of nitrogens with zero attached hydrogens (tertiary/aromatic N) is 5. The van der Waals surface area contributed by atoms with E-state index in [0.717, 1.165) is 5.69 Å². The molecule has 0 saturated carbocycles. The summed E-state index contributed by atoms with van der Waals surface area (Å²) in [5.41, 5.74) is 1.88. The quantitative estimate of drug-likeness (QED) is 0.676.